The number of allylic oxidation sites excluding steroid dienone is 2. The molecule has 5 aromatic carbocycles. The van der Waals surface area contributed by atoms with E-state index in [1.165, 1.54) is 0 Å². The molecule has 4 heterocycles. The van der Waals surface area contributed by atoms with Crippen LogP contribution in [0.2, 0.25) is 0 Å². The lowest BCUT2D eigenvalue weighted by Gasteiger charge is -2.57. The van der Waals surface area contributed by atoms with Crippen LogP contribution in [0.25, 0.3) is 0 Å². The molecule has 11 rings (SSSR count). The van der Waals surface area contributed by atoms with Crippen molar-refractivity contribution in [3.05, 3.63) is 165 Å². The Kier molecular flexibility index (Phi) is 7.83. The van der Waals surface area contributed by atoms with Gasteiger partial charge in [0, 0.05) is 69.0 Å². The van der Waals surface area contributed by atoms with Crippen molar-refractivity contribution in [2.24, 2.45) is 17.3 Å². The molecule has 6 aliphatic rings. The first-order valence-corrected chi connectivity index (χ1v) is 20.4. The third kappa shape index (κ3) is 4.49. The Hall–Kier alpha value is -6.39. The van der Waals surface area contributed by atoms with Gasteiger partial charge in [0.25, 0.3) is 5.79 Å². The van der Waals surface area contributed by atoms with Crippen LogP contribution in [0.5, 0.6) is 34.5 Å². The molecule has 8 atom stereocenters. The van der Waals surface area contributed by atoms with Crippen LogP contribution in [-0.4, -0.2) is 37.3 Å². The average molecular weight is 805 g/mol. The second-order valence-corrected chi connectivity index (χ2v) is 16.6. The molecule has 4 aliphatic heterocycles. The summed E-state index contributed by atoms with van der Waals surface area (Å²) in [7, 11) is 4.79. The molecular formula is C50H44O10. The van der Waals surface area contributed by atoms with Crippen LogP contribution in [-0.2, 0) is 32.3 Å². The minimum absolute atomic E-state index is 0.0481. The second kappa shape index (κ2) is 12.8. The Morgan fingerprint density at radius 2 is 1.43 bits per heavy atom. The fraction of sp³-hybridized carbons (Fsp3) is 0.300. The number of ether oxygens (including phenoxy) is 7. The molecule has 1 saturated carbocycles. The van der Waals surface area contributed by atoms with Crippen LogP contribution in [0.4, 0.5) is 0 Å². The van der Waals surface area contributed by atoms with Crippen LogP contribution < -0.4 is 23.7 Å². The molecule has 0 radical (unpaired) electrons. The van der Waals surface area contributed by atoms with Gasteiger partial charge in [-0.1, -0.05) is 91.0 Å². The fourth-order valence-electron chi connectivity index (χ4n) is 11.8. The number of hydrogen-bond acceptors (Lipinski definition) is 10. The molecule has 10 heteroatoms. The minimum Gasteiger partial charge on any atom is -0.507 e. The zero-order valence-electron chi connectivity index (χ0n) is 33.9. The van der Waals surface area contributed by atoms with Crippen molar-refractivity contribution in [3.8, 4) is 34.5 Å². The SMILES string of the molecule is COC1=C(C)C(=O)C=C2O[C@@]3(c4ccccc4)Oc4cc(OC)c5c(c4[C@@H]4[C@H]3[C@H]3c6c(cc(O)c(C)c6OC)O[C@@](O)(c6ccccc6)[C@H]3C214)O[C@H](c1ccccc1)CC5. The summed E-state index contributed by atoms with van der Waals surface area (Å²) in [6.45, 7) is 3.56. The van der Waals surface area contributed by atoms with E-state index < -0.39 is 40.7 Å². The van der Waals surface area contributed by atoms with Crippen LogP contribution in [0.1, 0.15) is 70.2 Å². The quantitative estimate of drug-likeness (QED) is 0.172. The van der Waals surface area contributed by atoms with Gasteiger partial charge in [-0.15, -0.1) is 0 Å². The lowest BCUT2D eigenvalue weighted by molar-refractivity contribution is -0.254. The predicted molar refractivity (Wildman–Crippen MR) is 219 cm³/mol. The number of phenolic OH excluding ortho intramolecular Hbond substituents is 1. The van der Waals surface area contributed by atoms with Crippen molar-refractivity contribution >= 4 is 5.78 Å². The second-order valence-electron chi connectivity index (χ2n) is 16.6. The van der Waals surface area contributed by atoms with E-state index in [9.17, 15) is 15.0 Å². The molecule has 2 N–H and O–H groups in total. The predicted octanol–water partition coefficient (Wildman–Crippen LogP) is 8.78. The Morgan fingerprint density at radius 3 is 2.10 bits per heavy atom. The van der Waals surface area contributed by atoms with E-state index in [0.29, 0.717) is 69.4 Å². The van der Waals surface area contributed by atoms with Crippen LogP contribution in [0, 0.1) is 24.2 Å². The molecular weight excluding hydrogens is 761 g/mol. The van der Waals surface area contributed by atoms with Gasteiger partial charge < -0.3 is 43.4 Å². The maximum Gasteiger partial charge on any atom is 0.281 e. The zero-order valence-corrected chi connectivity index (χ0v) is 33.9. The third-order valence-corrected chi connectivity index (χ3v) is 14.1. The van der Waals surface area contributed by atoms with E-state index in [0.717, 1.165) is 16.7 Å². The summed E-state index contributed by atoms with van der Waals surface area (Å²) in [4.78, 5) is 14.3. The topological polar surface area (TPSA) is 122 Å². The smallest absolute Gasteiger partial charge is 0.281 e. The molecule has 2 aliphatic carbocycles. The summed E-state index contributed by atoms with van der Waals surface area (Å²) in [5.74, 6) is -3.97. The Balaban J connectivity index is 1.32. The lowest BCUT2D eigenvalue weighted by Crippen LogP contribution is -2.58. The largest absolute Gasteiger partial charge is 0.507 e. The number of carbonyl (C=O) groups excluding carboxylic acids is 1. The number of rotatable bonds is 6. The number of hydrogen-bond donors (Lipinski definition) is 2. The highest BCUT2D eigenvalue weighted by atomic mass is 16.7. The maximum atomic E-state index is 14.3. The molecule has 0 amide bonds. The zero-order chi connectivity index (χ0) is 41.3. The summed E-state index contributed by atoms with van der Waals surface area (Å²) in [5, 5.41) is 25.3. The Bertz CT molecular complexity index is 2670. The number of aromatic hydroxyl groups is 1. The van der Waals surface area contributed by atoms with Crippen molar-refractivity contribution in [2.75, 3.05) is 21.3 Å². The molecule has 2 fully saturated rings. The van der Waals surface area contributed by atoms with Crippen LogP contribution >= 0.6 is 0 Å². The van der Waals surface area contributed by atoms with E-state index in [1.807, 2.05) is 84.9 Å². The lowest BCUT2D eigenvalue weighted by atomic mass is 9.57. The Morgan fingerprint density at radius 1 is 0.767 bits per heavy atom. The van der Waals surface area contributed by atoms with Crippen LogP contribution in [0.3, 0.4) is 0 Å². The van der Waals surface area contributed by atoms with Gasteiger partial charge in [0.15, 0.2) is 5.78 Å². The molecule has 1 unspecified atom stereocenters. The Labute approximate surface area is 347 Å². The minimum atomic E-state index is -2.11. The van der Waals surface area contributed by atoms with Crippen LogP contribution in [0.15, 0.2) is 126 Å². The highest BCUT2D eigenvalue weighted by molar-refractivity contribution is 6.06. The standard InChI is InChI=1S/C50H44O10/c1-26-32(51)23-36-39(44(26)55-4)41-43-42-40-37(25-35(54-3)31-21-22-34(57-45(31)40)28-15-9-6-10-16-28)59-50(43,30-19-13-8-14-20-30)60-38-24-33(52)27(2)47(56-5)48(38,42)46(41)49(53,58-36)29-17-11-7-12-18-29/h6-20,23-25,34,41-43,46,51,53H,21-22H2,1-5H3/t34-,41+,42+,43+,46+,48?,49-,50+/m0/s1. The summed E-state index contributed by atoms with van der Waals surface area (Å²) in [6.07, 6.45) is 2.62. The van der Waals surface area contributed by atoms with Crippen molar-refractivity contribution in [2.45, 2.75) is 56.2 Å². The first-order valence-electron chi connectivity index (χ1n) is 20.4. The van der Waals surface area contributed by atoms with E-state index in [-0.39, 0.29) is 29.1 Å². The van der Waals surface area contributed by atoms with E-state index in [4.69, 9.17) is 33.2 Å². The van der Waals surface area contributed by atoms with Gasteiger partial charge in [0.2, 0.25) is 5.79 Å². The molecule has 5 aromatic rings. The van der Waals surface area contributed by atoms with Crippen molar-refractivity contribution in [1.82, 2.24) is 0 Å². The van der Waals surface area contributed by atoms with Gasteiger partial charge in [-0.2, -0.15) is 0 Å². The fourth-order valence-corrected chi connectivity index (χ4v) is 11.8. The first-order chi connectivity index (χ1) is 29.1. The molecule has 4 bridgehead atoms. The molecule has 1 spiro atoms. The maximum absolute atomic E-state index is 14.3. The molecule has 1 saturated heterocycles. The number of phenols is 1. The van der Waals surface area contributed by atoms with E-state index in [2.05, 4.69) is 12.1 Å². The first kappa shape index (κ1) is 36.7. The van der Waals surface area contributed by atoms with Gasteiger partial charge in [-0.25, -0.2) is 0 Å². The third-order valence-electron chi connectivity index (χ3n) is 14.1. The normalized spacial score (nSPS) is 30.1. The molecule has 0 aromatic heterocycles. The van der Waals surface area contributed by atoms with Crippen molar-refractivity contribution < 1.29 is 48.2 Å². The summed E-state index contributed by atoms with van der Waals surface area (Å²) in [6, 6.07) is 32.6. The summed E-state index contributed by atoms with van der Waals surface area (Å²) in [5.41, 5.74) is 3.97. The van der Waals surface area contributed by atoms with E-state index >= 15 is 0 Å². The van der Waals surface area contributed by atoms with Gasteiger partial charge in [0.1, 0.15) is 57.5 Å². The number of carbonyl (C=O) groups is 1. The highest BCUT2D eigenvalue weighted by Crippen LogP contribution is 2.84. The van der Waals surface area contributed by atoms with Gasteiger partial charge >= 0.3 is 0 Å². The van der Waals surface area contributed by atoms with E-state index in [1.54, 1.807) is 47.3 Å². The van der Waals surface area contributed by atoms with Crippen molar-refractivity contribution in [3.63, 3.8) is 0 Å². The molecule has 10 nitrogen and oxygen atoms in total. The number of fused-ring (bicyclic) bond motifs is 6. The average Bonchev–Trinajstić information content (AvgIpc) is 3.54. The van der Waals surface area contributed by atoms with Crippen molar-refractivity contribution in [1.29, 1.82) is 0 Å². The number of aliphatic hydroxyl groups is 1. The summed E-state index contributed by atoms with van der Waals surface area (Å²) < 4.78 is 48.1. The van der Waals surface area contributed by atoms with Gasteiger partial charge in [-0.3, -0.25) is 4.79 Å². The van der Waals surface area contributed by atoms with Gasteiger partial charge in [-0.05, 0) is 32.3 Å². The molecule has 60 heavy (non-hydrogen) atoms. The number of benzene rings is 5. The number of methoxy groups -OCH3 is 3. The molecule has 304 valence electrons. The monoisotopic (exact) mass is 804 g/mol. The summed E-state index contributed by atoms with van der Waals surface area (Å²) >= 11 is 0. The van der Waals surface area contributed by atoms with Gasteiger partial charge in [0.05, 0.1) is 33.2 Å². The highest BCUT2D eigenvalue weighted by Gasteiger charge is 2.84. The number of ketones is 1.